The number of hydrogen-bond acceptors (Lipinski definition) is 6. The zero-order chi connectivity index (χ0) is 20.3. The Morgan fingerprint density at radius 2 is 1.89 bits per heavy atom. The number of nitrogens with zero attached hydrogens (tertiary/aromatic N) is 1. The molecule has 2 aromatic carbocycles. The number of hydrogen-bond donors (Lipinski definition) is 1. The highest BCUT2D eigenvalue weighted by Crippen LogP contribution is 2.33. The molecule has 0 aromatic heterocycles. The number of rotatable bonds is 7. The van der Waals surface area contributed by atoms with Crippen molar-refractivity contribution in [2.75, 3.05) is 44.1 Å². The van der Waals surface area contributed by atoms with Gasteiger partial charge in [0.1, 0.15) is 23.0 Å². The van der Waals surface area contributed by atoms with Crippen LogP contribution < -0.4 is 19.1 Å². The molecule has 1 amide bonds. The Kier molecular flexibility index (Phi) is 5.76. The van der Waals surface area contributed by atoms with Crippen molar-refractivity contribution >= 4 is 27.3 Å². The zero-order valence-electron chi connectivity index (χ0n) is 15.9. The number of ether oxygens (including phenoxy) is 3. The minimum atomic E-state index is -3.94. The second kappa shape index (κ2) is 8.07. The van der Waals surface area contributed by atoms with Gasteiger partial charge in [-0.25, -0.2) is 8.42 Å². The van der Waals surface area contributed by atoms with Crippen molar-refractivity contribution in [3.8, 4) is 11.5 Å². The second-order valence-corrected chi connectivity index (χ2v) is 7.84. The molecule has 1 aliphatic rings. The van der Waals surface area contributed by atoms with Gasteiger partial charge in [0, 0.05) is 25.4 Å². The average molecular weight is 406 g/mol. The van der Waals surface area contributed by atoms with E-state index in [0.29, 0.717) is 30.1 Å². The van der Waals surface area contributed by atoms with Gasteiger partial charge in [0.05, 0.1) is 19.9 Å². The van der Waals surface area contributed by atoms with Crippen LogP contribution >= 0.6 is 0 Å². The summed E-state index contributed by atoms with van der Waals surface area (Å²) in [5.41, 5.74) is 2.01. The van der Waals surface area contributed by atoms with Crippen LogP contribution in [0.4, 0.5) is 11.4 Å². The van der Waals surface area contributed by atoms with Crippen LogP contribution in [0.15, 0.2) is 41.3 Å². The summed E-state index contributed by atoms with van der Waals surface area (Å²) in [6.45, 7) is 0.508. The summed E-state index contributed by atoms with van der Waals surface area (Å²) in [5.74, 6) is 0.425. The van der Waals surface area contributed by atoms with Gasteiger partial charge in [0.15, 0.2) is 0 Å². The Morgan fingerprint density at radius 3 is 2.57 bits per heavy atom. The number of benzene rings is 2. The van der Waals surface area contributed by atoms with Gasteiger partial charge in [-0.3, -0.25) is 9.52 Å². The lowest BCUT2D eigenvalue weighted by Crippen LogP contribution is -2.32. The van der Waals surface area contributed by atoms with Crippen molar-refractivity contribution < 1.29 is 27.4 Å². The van der Waals surface area contributed by atoms with Crippen LogP contribution in [0.25, 0.3) is 0 Å². The number of methoxy groups -OCH3 is 3. The molecule has 150 valence electrons. The molecule has 1 aliphatic heterocycles. The van der Waals surface area contributed by atoms with Crippen LogP contribution in [-0.4, -0.2) is 48.8 Å². The topological polar surface area (TPSA) is 94.2 Å². The molecule has 3 rings (SSSR count). The first-order valence-electron chi connectivity index (χ1n) is 8.56. The molecule has 1 heterocycles. The van der Waals surface area contributed by atoms with Gasteiger partial charge in [-0.15, -0.1) is 0 Å². The van der Waals surface area contributed by atoms with E-state index in [2.05, 4.69) is 4.72 Å². The van der Waals surface area contributed by atoms with Crippen molar-refractivity contribution in [1.29, 1.82) is 0 Å². The Balaban J connectivity index is 1.92. The third-order valence-corrected chi connectivity index (χ3v) is 5.86. The largest absolute Gasteiger partial charge is 0.497 e. The monoisotopic (exact) mass is 406 g/mol. The normalized spacial score (nSPS) is 13.2. The number of amides is 1. The van der Waals surface area contributed by atoms with Crippen LogP contribution in [0, 0.1) is 0 Å². The van der Waals surface area contributed by atoms with Crippen LogP contribution in [0.1, 0.15) is 5.56 Å². The number of sulfonamides is 1. The van der Waals surface area contributed by atoms with Crippen LogP contribution in [0.2, 0.25) is 0 Å². The number of anilines is 2. The number of carbonyl (C=O) groups excluding carboxylic acids is 1. The summed E-state index contributed by atoms with van der Waals surface area (Å²) < 4.78 is 43.6. The number of carbonyl (C=O) groups is 1. The van der Waals surface area contributed by atoms with Crippen LogP contribution in [-0.2, 0) is 26.0 Å². The third kappa shape index (κ3) is 3.90. The van der Waals surface area contributed by atoms with E-state index in [1.165, 1.54) is 33.5 Å². The van der Waals surface area contributed by atoms with Gasteiger partial charge in [-0.2, -0.15) is 0 Å². The van der Waals surface area contributed by atoms with Gasteiger partial charge in [-0.05, 0) is 36.2 Å². The first-order valence-corrected chi connectivity index (χ1v) is 10.0. The molecule has 2 aromatic rings. The fourth-order valence-electron chi connectivity index (χ4n) is 3.11. The summed E-state index contributed by atoms with van der Waals surface area (Å²) in [4.78, 5) is 13.8. The Labute approximate surface area is 164 Å². The summed E-state index contributed by atoms with van der Waals surface area (Å²) in [5, 5.41) is 0. The second-order valence-electron chi connectivity index (χ2n) is 6.19. The Morgan fingerprint density at radius 1 is 1.11 bits per heavy atom. The van der Waals surface area contributed by atoms with Gasteiger partial charge in [0.25, 0.3) is 15.9 Å². The molecule has 0 saturated heterocycles. The number of nitrogens with one attached hydrogen (secondary N) is 1. The lowest BCUT2D eigenvalue weighted by Gasteiger charge is -2.18. The standard InChI is InChI=1S/C19H22N2O6S/c1-25-12-19(22)21-9-8-13-4-5-14(10-16(13)21)20-28(23,24)18-11-15(26-2)6-7-17(18)27-3/h4-7,10-11,20H,8-9,12H2,1-3H3. The maximum atomic E-state index is 12.9. The van der Waals surface area contributed by atoms with Crippen molar-refractivity contribution in [3.05, 3.63) is 42.0 Å². The maximum Gasteiger partial charge on any atom is 0.265 e. The van der Waals surface area contributed by atoms with E-state index < -0.39 is 10.0 Å². The fraction of sp³-hybridized carbons (Fsp3) is 0.316. The molecule has 1 N–H and O–H groups in total. The molecular formula is C19H22N2O6S. The molecular weight excluding hydrogens is 384 g/mol. The van der Waals surface area contributed by atoms with Gasteiger partial charge < -0.3 is 19.1 Å². The van der Waals surface area contributed by atoms with Gasteiger partial charge in [0.2, 0.25) is 0 Å². The minimum Gasteiger partial charge on any atom is -0.497 e. The van der Waals surface area contributed by atoms with E-state index >= 15 is 0 Å². The predicted octanol–water partition coefficient (Wildman–Crippen LogP) is 2.04. The van der Waals surface area contributed by atoms with Gasteiger partial charge >= 0.3 is 0 Å². The first kappa shape index (κ1) is 20.0. The van der Waals surface area contributed by atoms with Crippen molar-refractivity contribution in [3.63, 3.8) is 0 Å². The molecule has 0 unspecified atom stereocenters. The Hall–Kier alpha value is -2.78. The van der Waals surface area contributed by atoms with E-state index in [1.807, 2.05) is 6.07 Å². The molecule has 0 fully saturated rings. The summed E-state index contributed by atoms with van der Waals surface area (Å²) in [7, 11) is 0.377. The fourth-order valence-corrected chi connectivity index (χ4v) is 4.34. The first-order chi connectivity index (χ1) is 13.4. The summed E-state index contributed by atoms with van der Waals surface area (Å²) in [6, 6.07) is 9.68. The van der Waals surface area contributed by atoms with Crippen molar-refractivity contribution in [2.45, 2.75) is 11.3 Å². The van der Waals surface area contributed by atoms with E-state index in [1.54, 1.807) is 23.1 Å². The Bertz CT molecular complexity index is 990. The van der Waals surface area contributed by atoms with Crippen LogP contribution in [0.5, 0.6) is 11.5 Å². The van der Waals surface area contributed by atoms with Crippen molar-refractivity contribution in [2.24, 2.45) is 0 Å². The molecule has 28 heavy (non-hydrogen) atoms. The summed E-state index contributed by atoms with van der Waals surface area (Å²) in [6.07, 6.45) is 0.710. The quantitative estimate of drug-likeness (QED) is 0.756. The molecule has 0 spiro atoms. The average Bonchev–Trinajstić information content (AvgIpc) is 3.10. The molecule has 8 nitrogen and oxygen atoms in total. The molecule has 0 bridgehead atoms. The van der Waals surface area contributed by atoms with Gasteiger partial charge in [-0.1, -0.05) is 6.07 Å². The lowest BCUT2D eigenvalue weighted by atomic mass is 10.1. The molecule has 0 radical (unpaired) electrons. The van der Waals surface area contributed by atoms with E-state index in [9.17, 15) is 13.2 Å². The maximum absolute atomic E-state index is 12.9. The third-order valence-electron chi connectivity index (χ3n) is 4.46. The van der Waals surface area contributed by atoms with Crippen molar-refractivity contribution in [1.82, 2.24) is 0 Å². The molecule has 0 atom stereocenters. The molecule has 0 aliphatic carbocycles. The van der Waals surface area contributed by atoms with E-state index in [4.69, 9.17) is 14.2 Å². The smallest absolute Gasteiger partial charge is 0.265 e. The highest BCUT2D eigenvalue weighted by molar-refractivity contribution is 7.92. The predicted molar refractivity (Wildman–Crippen MR) is 105 cm³/mol. The zero-order valence-corrected chi connectivity index (χ0v) is 16.7. The highest BCUT2D eigenvalue weighted by atomic mass is 32.2. The summed E-state index contributed by atoms with van der Waals surface area (Å²) >= 11 is 0. The molecule has 9 heteroatoms. The molecule has 0 saturated carbocycles. The number of fused-ring (bicyclic) bond motifs is 1. The minimum absolute atomic E-state index is 0.0313. The van der Waals surface area contributed by atoms with Crippen LogP contribution in [0.3, 0.4) is 0 Å². The van der Waals surface area contributed by atoms with E-state index in [0.717, 1.165) is 5.56 Å². The SMILES string of the molecule is COCC(=O)N1CCc2ccc(NS(=O)(=O)c3cc(OC)ccc3OC)cc21. The lowest BCUT2D eigenvalue weighted by molar-refractivity contribution is -0.122. The van der Waals surface area contributed by atoms with E-state index in [-0.39, 0.29) is 23.2 Å². The highest BCUT2D eigenvalue weighted by Gasteiger charge is 2.26.